The van der Waals surface area contributed by atoms with Crippen molar-refractivity contribution >= 4 is 0 Å². The number of quaternary nitrogens is 1. The minimum atomic E-state index is 0.921. The molecule has 0 radical (unpaired) electrons. The molecular weight excluding hydrogens is 342 g/mol. The summed E-state index contributed by atoms with van der Waals surface area (Å²) in [6.45, 7) is 10.4. The molecule has 0 aromatic carbocycles. The predicted octanol–water partition coefficient (Wildman–Crippen LogP) is 7.92. The quantitative estimate of drug-likeness (QED) is 0.0968. The van der Waals surface area contributed by atoms with Crippen LogP contribution >= 0.6 is 0 Å². The van der Waals surface area contributed by atoms with E-state index in [0.717, 1.165) is 24.2 Å². The Hall–Kier alpha value is -0.340. The zero-order chi connectivity index (χ0) is 20.8. The highest BCUT2D eigenvalue weighted by Crippen LogP contribution is 2.12. The van der Waals surface area contributed by atoms with Crippen LogP contribution in [-0.4, -0.2) is 44.9 Å². The lowest BCUT2D eigenvalue weighted by atomic mass is 10.1. The van der Waals surface area contributed by atoms with Crippen molar-refractivity contribution in [3.8, 4) is 0 Å². The van der Waals surface area contributed by atoms with Gasteiger partial charge in [0.15, 0.2) is 0 Å². The summed E-state index contributed by atoms with van der Waals surface area (Å²) in [5, 5.41) is 0. The molecule has 0 aliphatic heterocycles. The molecule has 0 spiro atoms. The summed E-state index contributed by atoms with van der Waals surface area (Å²) in [6, 6.07) is 0. The summed E-state index contributed by atoms with van der Waals surface area (Å²) < 4.78 is 7.00. The fraction of sp³-hybridized carbons (Fsp3) is 0.923. The highest BCUT2D eigenvalue weighted by molar-refractivity contribution is 4.65. The first-order chi connectivity index (χ1) is 13.6. The number of hydrogen-bond acceptors (Lipinski definition) is 1. The molecular formula is C26H54NO+. The molecule has 0 aliphatic carbocycles. The first-order valence-corrected chi connectivity index (χ1v) is 12.6. The van der Waals surface area contributed by atoms with E-state index in [1.807, 2.05) is 6.08 Å². The van der Waals surface area contributed by atoms with E-state index in [1.54, 1.807) is 0 Å². The number of rotatable bonds is 23. The second-order valence-corrected chi connectivity index (χ2v) is 9.38. The van der Waals surface area contributed by atoms with Crippen molar-refractivity contribution in [1.29, 1.82) is 0 Å². The average Bonchev–Trinajstić information content (AvgIpc) is 2.67. The van der Waals surface area contributed by atoms with Gasteiger partial charge in [0.05, 0.1) is 27.2 Å². The summed E-state index contributed by atoms with van der Waals surface area (Å²) in [7, 11) is 4.72. The minimum Gasteiger partial charge on any atom is -0.376 e. The Kier molecular flexibility index (Phi) is 21.1. The number of unbranched alkanes of at least 4 members (excludes halogenated alkanes) is 15. The van der Waals surface area contributed by atoms with Crippen LogP contribution in [0.2, 0.25) is 0 Å². The Morgan fingerprint density at radius 2 is 1.11 bits per heavy atom. The molecule has 28 heavy (non-hydrogen) atoms. The molecule has 0 amide bonds. The second kappa shape index (κ2) is 21.4. The second-order valence-electron chi connectivity index (χ2n) is 9.38. The molecule has 0 aliphatic rings. The van der Waals surface area contributed by atoms with E-state index in [9.17, 15) is 0 Å². The molecule has 2 heteroatoms. The van der Waals surface area contributed by atoms with Gasteiger partial charge in [-0.15, -0.1) is 6.58 Å². The molecule has 0 aromatic rings. The van der Waals surface area contributed by atoms with Crippen molar-refractivity contribution in [3.05, 3.63) is 12.7 Å². The zero-order valence-electron chi connectivity index (χ0n) is 20.0. The number of ether oxygens (including phenoxy) is 1. The molecule has 0 aromatic heterocycles. The van der Waals surface area contributed by atoms with Gasteiger partial charge in [-0.3, -0.25) is 0 Å². The van der Waals surface area contributed by atoms with Crippen LogP contribution in [0.15, 0.2) is 12.7 Å². The van der Waals surface area contributed by atoms with Crippen LogP contribution in [0.25, 0.3) is 0 Å². The zero-order valence-corrected chi connectivity index (χ0v) is 20.0. The third-order valence-corrected chi connectivity index (χ3v) is 5.90. The summed E-state index contributed by atoms with van der Waals surface area (Å²) in [6.07, 6.45) is 25.4. The molecule has 0 unspecified atom stereocenters. The SMILES string of the molecule is C=CCCCCCCCCOCC[N+](C)(C)CCCCCCCCCCCC. The van der Waals surface area contributed by atoms with Crippen LogP contribution in [-0.2, 0) is 4.74 Å². The summed E-state index contributed by atoms with van der Waals surface area (Å²) in [5.74, 6) is 0. The fourth-order valence-electron chi connectivity index (χ4n) is 3.75. The predicted molar refractivity (Wildman–Crippen MR) is 127 cm³/mol. The van der Waals surface area contributed by atoms with E-state index >= 15 is 0 Å². The van der Waals surface area contributed by atoms with Crippen molar-refractivity contribution < 1.29 is 9.22 Å². The molecule has 2 nitrogen and oxygen atoms in total. The molecule has 0 bridgehead atoms. The molecule has 0 atom stereocenters. The molecule has 168 valence electrons. The average molecular weight is 397 g/mol. The lowest BCUT2D eigenvalue weighted by molar-refractivity contribution is -0.891. The highest BCUT2D eigenvalue weighted by atomic mass is 16.5. The molecule has 0 saturated carbocycles. The maximum absolute atomic E-state index is 5.89. The lowest BCUT2D eigenvalue weighted by Gasteiger charge is -2.29. The number of nitrogens with zero attached hydrogens (tertiary/aromatic N) is 1. The van der Waals surface area contributed by atoms with Gasteiger partial charge in [0.2, 0.25) is 0 Å². The van der Waals surface area contributed by atoms with E-state index in [-0.39, 0.29) is 0 Å². The van der Waals surface area contributed by atoms with Gasteiger partial charge in [0.25, 0.3) is 0 Å². The van der Waals surface area contributed by atoms with Crippen molar-refractivity contribution in [1.82, 2.24) is 0 Å². The van der Waals surface area contributed by atoms with E-state index in [0.29, 0.717) is 0 Å². The van der Waals surface area contributed by atoms with Crippen LogP contribution in [0.3, 0.4) is 0 Å². The maximum Gasteiger partial charge on any atom is 0.102 e. The fourth-order valence-corrected chi connectivity index (χ4v) is 3.75. The van der Waals surface area contributed by atoms with Crippen LogP contribution in [0.5, 0.6) is 0 Å². The van der Waals surface area contributed by atoms with Crippen molar-refractivity contribution in [3.63, 3.8) is 0 Å². The molecule has 0 rings (SSSR count). The van der Waals surface area contributed by atoms with Gasteiger partial charge < -0.3 is 9.22 Å². The van der Waals surface area contributed by atoms with Crippen LogP contribution in [0.1, 0.15) is 116 Å². The van der Waals surface area contributed by atoms with E-state index in [2.05, 4.69) is 27.6 Å². The Morgan fingerprint density at radius 1 is 0.607 bits per heavy atom. The van der Waals surface area contributed by atoms with E-state index in [4.69, 9.17) is 4.74 Å². The first-order valence-electron chi connectivity index (χ1n) is 12.6. The highest BCUT2D eigenvalue weighted by Gasteiger charge is 2.13. The molecule has 0 heterocycles. The van der Waals surface area contributed by atoms with Gasteiger partial charge in [0.1, 0.15) is 6.54 Å². The Bertz CT molecular complexity index is 314. The largest absolute Gasteiger partial charge is 0.376 e. The summed E-state index contributed by atoms with van der Waals surface area (Å²) >= 11 is 0. The van der Waals surface area contributed by atoms with Gasteiger partial charge in [-0.2, -0.15) is 0 Å². The van der Waals surface area contributed by atoms with Gasteiger partial charge in [0, 0.05) is 6.61 Å². The van der Waals surface area contributed by atoms with Gasteiger partial charge >= 0.3 is 0 Å². The Morgan fingerprint density at radius 3 is 1.68 bits per heavy atom. The smallest absolute Gasteiger partial charge is 0.102 e. The molecule has 0 saturated heterocycles. The standard InChI is InChI=1S/C26H54NO/c1-5-7-9-11-13-15-16-17-19-21-23-27(3,4)24-26-28-25-22-20-18-14-12-10-8-6-2/h6H,2,5,7-26H2,1,3-4H3/q+1. The summed E-state index contributed by atoms with van der Waals surface area (Å²) in [5.41, 5.74) is 0. The molecule has 0 fully saturated rings. The van der Waals surface area contributed by atoms with Gasteiger partial charge in [-0.1, -0.05) is 90.0 Å². The van der Waals surface area contributed by atoms with Crippen LogP contribution in [0.4, 0.5) is 0 Å². The Balaban J connectivity index is 3.31. The topological polar surface area (TPSA) is 9.23 Å². The van der Waals surface area contributed by atoms with E-state index < -0.39 is 0 Å². The van der Waals surface area contributed by atoms with Crippen LogP contribution < -0.4 is 0 Å². The third-order valence-electron chi connectivity index (χ3n) is 5.90. The van der Waals surface area contributed by atoms with Crippen molar-refractivity contribution in [2.24, 2.45) is 0 Å². The van der Waals surface area contributed by atoms with E-state index in [1.165, 1.54) is 116 Å². The number of hydrogen-bond donors (Lipinski definition) is 0. The monoisotopic (exact) mass is 396 g/mol. The van der Waals surface area contributed by atoms with Crippen molar-refractivity contribution in [2.75, 3.05) is 40.4 Å². The first kappa shape index (κ1) is 27.7. The van der Waals surface area contributed by atoms with Crippen LogP contribution in [0, 0.1) is 0 Å². The molecule has 0 N–H and O–H groups in total. The number of likely N-dealkylation sites (N-methyl/N-ethyl adjacent to an activating group) is 1. The number of allylic oxidation sites excluding steroid dienone is 1. The van der Waals surface area contributed by atoms with Gasteiger partial charge in [-0.05, 0) is 32.1 Å². The third kappa shape index (κ3) is 22.0. The normalized spacial score (nSPS) is 11.8. The van der Waals surface area contributed by atoms with Gasteiger partial charge in [-0.25, -0.2) is 0 Å². The maximum atomic E-state index is 5.89. The summed E-state index contributed by atoms with van der Waals surface area (Å²) in [4.78, 5) is 0. The Labute approximate surface area is 178 Å². The lowest BCUT2D eigenvalue weighted by Crippen LogP contribution is -2.43. The minimum absolute atomic E-state index is 0.921. The van der Waals surface area contributed by atoms with Crippen molar-refractivity contribution in [2.45, 2.75) is 116 Å².